The monoisotopic (exact) mass is 297 g/mol. The summed E-state index contributed by atoms with van der Waals surface area (Å²) in [5, 5.41) is 5.89. The van der Waals surface area contributed by atoms with Crippen molar-refractivity contribution in [1.29, 1.82) is 0 Å². The molecule has 0 aliphatic heterocycles. The molecule has 114 valence electrons. The third kappa shape index (κ3) is 5.59. The lowest BCUT2D eigenvalue weighted by Gasteiger charge is -2.30. The maximum atomic E-state index is 12.0. The van der Waals surface area contributed by atoms with Gasteiger partial charge < -0.3 is 11.1 Å². The fourth-order valence-electron chi connectivity index (χ4n) is 2.34. The molecule has 3 N–H and O–H groups in total. The van der Waals surface area contributed by atoms with Crippen LogP contribution in [0.15, 0.2) is 11.6 Å². The van der Waals surface area contributed by atoms with E-state index in [4.69, 9.17) is 5.73 Å². The molecule has 0 radical (unpaired) electrons. The van der Waals surface area contributed by atoms with E-state index in [-0.39, 0.29) is 17.4 Å². The topological polar surface area (TPSA) is 68.0 Å². The highest BCUT2D eigenvalue weighted by Gasteiger charge is 2.24. The fraction of sp³-hybridized carbons (Fsp3) is 0.733. The van der Waals surface area contributed by atoms with Crippen molar-refractivity contribution in [2.75, 3.05) is 6.54 Å². The van der Waals surface area contributed by atoms with Crippen LogP contribution in [0, 0.1) is 11.3 Å². The van der Waals surface area contributed by atoms with E-state index >= 15 is 0 Å². The van der Waals surface area contributed by atoms with Gasteiger partial charge in [-0.2, -0.15) is 0 Å². The Morgan fingerprint density at radius 3 is 2.65 bits per heavy atom. The first-order valence-electron chi connectivity index (χ1n) is 7.23. The Hall–Kier alpha value is -0.940. The summed E-state index contributed by atoms with van der Waals surface area (Å²) in [5.41, 5.74) is 5.86. The molecule has 1 amide bonds. The smallest absolute Gasteiger partial charge is 0.220 e. The fourth-order valence-corrected chi connectivity index (χ4v) is 2.99. The highest BCUT2D eigenvalue weighted by Crippen LogP contribution is 2.32. The summed E-state index contributed by atoms with van der Waals surface area (Å²) in [6, 6.07) is -0.00917. The van der Waals surface area contributed by atoms with Gasteiger partial charge >= 0.3 is 0 Å². The summed E-state index contributed by atoms with van der Waals surface area (Å²) in [4.78, 5) is 16.2. The Kier molecular flexibility index (Phi) is 6.62. The first kappa shape index (κ1) is 17.1. The molecule has 1 heterocycles. The second kappa shape index (κ2) is 7.74. The molecule has 2 unspecified atom stereocenters. The molecular weight excluding hydrogens is 270 g/mol. The van der Waals surface area contributed by atoms with E-state index < -0.39 is 0 Å². The number of hydrogen-bond acceptors (Lipinski definition) is 4. The second-order valence-corrected chi connectivity index (χ2v) is 7.26. The van der Waals surface area contributed by atoms with Gasteiger partial charge in [0, 0.05) is 18.0 Å². The van der Waals surface area contributed by atoms with Gasteiger partial charge in [0.15, 0.2) is 0 Å². The summed E-state index contributed by atoms with van der Waals surface area (Å²) in [6.45, 7) is 9.28. The molecule has 1 rings (SSSR count). The number of hydrogen-bond donors (Lipinski definition) is 2. The Bertz CT molecular complexity index is 398. The van der Waals surface area contributed by atoms with Gasteiger partial charge in [0.1, 0.15) is 5.01 Å². The third-order valence-electron chi connectivity index (χ3n) is 3.66. The van der Waals surface area contributed by atoms with Gasteiger partial charge in [0.25, 0.3) is 0 Å². The van der Waals surface area contributed by atoms with Crippen molar-refractivity contribution in [3.63, 3.8) is 0 Å². The number of nitrogens with zero attached hydrogens (tertiary/aromatic N) is 1. The van der Waals surface area contributed by atoms with Crippen LogP contribution in [0.5, 0.6) is 0 Å². The van der Waals surface area contributed by atoms with Crippen LogP contribution in [0.4, 0.5) is 0 Å². The summed E-state index contributed by atoms with van der Waals surface area (Å²) in [7, 11) is 0. The summed E-state index contributed by atoms with van der Waals surface area (Å²) < 4.78 is 0. The minimum absolute atomic E-state index is 0.00917. The molecule has 5 heteroatoms. The normalized spacial score (nSPS) is 14.8. The number of rotatable bonds is 7. The van der Waals surface area contributed by atoms with Gasteiger partial charge in [-0.25, -0.2) is 4.98 Å². The van der Waals surface area contributed by atoms with Crippen molar-refractivity contribution in [2.45, 2.75) is 53.0 Å². The number of carbonyl (C=O) groups excluding carboxylic acids is 1. The van der Waals surface area contributed by atoms with Crippen molar-refractivity contribution >= 4 is 17.2 Å². The Morgan fingerprint density at radius 1 is 1.45 bits per heavy atom. The zero-order valence-corrected chi connectivity index (χ0v) is 13.8. The SMILES string of the molecule is CC(NC(=O)CCC(CCN)C(C)(C)C)c1nccs1. The van der Waals surface area contributed by atoms with Crippen LogP contribution in [0.3, 0.4) is 0 Å². The standard InChI is InChI=1S/C15H27N3OS/c1-11(14-17-9-10-20-14)18-13(19)6-5-12(7-8-16)15(2,3)4/h9-12H,5-8,16H2,1-4H3,(H,18,19). The number of amides is 1. The largest absolute Gasteiger partial charge is 0.347 e. The quantitative estimate of drug-likeness (QED) is 0.812. The van der Waals surface area contributed by atoms with Crippen molar-refractivity contribution in [3.05, 3.63) is 16.6 Å². The predicted molar refractivity (Wildman–Crippen MR) is 84.5 cm³/mol. The van der Waals surface area contributed by atoms with Crippen LogP contribution in [0.1, 0.15) is 58.0 Å². The molecule has 0 spiro atoms. The Labute approximate surface area is 126 Å². The van der Waals surface area contributed by atoms with Crippen LogP contribution in [0.2, 0.25) is 0 Å². The molecule has 4 nitrogen and oxygen atoms in total. The highest BCUT2D eigenvalue weighted by atomic mass is 32.1. The van der Waals surface area contributed by atoms with E-state index in [1.54, 1.807) is 17.5 Å². The highest BCUT2D eigenvalue weighted by molar-refractivity contribution is 7.09. The van der Waals surface area contributed by atoms with Crippen LogP contribution in [0.25, 0.3) is 0 Å². The van der Waals surface area contributed by atoms with Gasteiger partial charge in [-0.1, -0.05) is 20.8 Å². The average molecular weight is 297 g/mol. The van der Waals surface area contributed by atoms with Gasteiger partial charge in [0.2, 0.25) is 5.91 Å². The second-order valence-electron chi connectivity index (χ2n) is 6.34. The summed E-state index contributed by atoms with van der Waals surface area (Å²) >= 11 is 1.57. The lowest BCUT2D eigenvalue weighted by Crippen LogP contribution is -2.29. The molecule has 2 atom stereocenters. The van der Waals surface area contributed by atoms with Gasteiger partial charge in [-0.05, 0) is 37.6 Å². The lowest BCUT2D eigenvalue weighted by molar-refractivity contribution is -0.122. The van der Waals surface area contributed by atoms with Crippen LogP contribution in [-0.4, -0.2) is 17.4 Å². The van der Waals surface area contributed by atoms with E-state index in [2.05, 4.69) is 31.1 Å². The van der Waals surface area contributed by atoms with Crippen molar-refractivity contribution < 1.29 is 4.79 Å². The van der Waals surface area contributed by atoms with E-state index in [1.807, 2.05) is 12.3 Å². The molecule has 0 aliphatic carbocycles. The zero-order valence-electron chi connectivity index (χ0n) is 13.0. The zero-order chi connectivity index (χ0) is 15.2. The van der Waals surface area contributed by atoms with Crippen LogP contribution < -0.4 is 11.1 Å². The summed E-state index contributed by atoms with van der Waals surface area (Å²) in [5.74, 6) is 0.576. The number of nitrogens with one attached hydrogen (secondary N) is 1. The number of nitrogens with two attached hydrogens (primary N) is 1. The molecule has 1 aromatic rings. The van der Waals surface area contributed by atoms with Gasteiger partial charge in [0.05, 0.1) is 6.04 Å². The molecular formula is C15H27N3OS. The van der Waals surface area contributed by atoms with E-state index in [0.29, 0.717) is 18.9 Å². The van der Waals surface area contributed by atoms with E-state index in [1.165, 1.54) is 0 Å². The minimum atomic E-state index is -0.00917. The third-order valence-corrected chi connectivity index (χ3v) is 4.62. The van der Waals surface area contributed by atoms with Crippen molar-refractivity contribution in [2.24, 2.45) is 17.1 Å². The first-order valence-corrected chi connectivity index (χ1v) is 8.11. The molecule has 0 bridgehead atoms. The number of carbonyl (C=O) groups is 1. The molecule has 0 saturated heterocycles. The maximum absolute atomic E-state index is 12.0. The first-order chi connectivity index (χ1) is 9.34. The molecule has 0 aliphatic rings. The average Bonchev–Trinajstić information content (AvgIpc) is 2.86. The maximum Gasteiger partial charge on any atom is 0.220 e. The Morgan fingerprint density at radius 2 is 2.15 bits per heavy atom. The predicted octanol–water partition coefficient (Wildman–Crippen LogP) is 3.11. The number of aromatic nitrogens is 1. The van der Waals surface area contributed by atoms with Crippen molar-refractivity contribution in [3.8, 4) is 0 Å². The van der Waals surface area contributed by atoms with E-state index in [9.17, 15) is 4.79 Å². The molecule has 0 saturated carbocycles. The molecule has 1 aromatic heterocycles. The van der Waals surface area contributed by atoms with Crippen molar-refractivity contribution in [1.82, 2.24) is 10.3 Å². The van der Waals surface area contributed by atoms with E-state index in [0.717, 1.165) is 17.8 Å². The van der Waals surface area contributed by atoms with Crippen LogP contribution >= 0.6 is 11.3 Å². The molecule has 0 aromatic carbocycles. The Balaban J connectivity index is 2.42. The van der Waals surface area contributed by atoms with Gasteiger partial charge in [-0.3, -0.25) is 4.79 Å². The van der Waals surface area contributed by atoms with Gasteiger partial charge in [-0.15, -0.1) is 11.3 Å². The lowest BCUT2D eigenvalue weighted by atomic mass is 9.76. The summed E-state index contributed by atoms with van der Waals surface area (Å²) in [6.07, 6.45) is 4.17. The molecule has 20 heavy (non-hydrogen) atoms. The van der Waals surface area contributed by atoms with Crippen LogP contribution in [-0.2, 0) is 4.79 Å². The number of thiazole rings is 1. The molecule has 0 fully saturated rings. The minimum Gasteiger partial charge on any atom is -0.347 e.